The van der Waals surface area contributed by atoms with Crippen LogP contribution in [0.4, 0.5) is 17.6 Å². The summed E-state index contributed by atoms with van der Waals surface area (Å²) in [4.78, 5) is 13.6. The SMILES string of the molecule is CC(C)Oc1ccc(C(O)C(Cc2cccc(OC(F)(F)C(F)F)c2)NC(=O)c2cccc3c2C=CCCC3)cc1. The van der Waals surface area contributed by atoms with Gasteiger partial charge in [0.2, 0.25) is 0 Å². The van der Waals surface area contributed by atoms with Crippen molar-refractivity contribution in [3.05, 3.63) is 101 Å². The molecule has 3 aromatic rings. The first-order chi connectivity index (χ1) is 19.5. The Morgan fingerprint density at radius 2 is 1.76 bits per heavy atom. The number of ether oxygens (including phenoxy) is 2. The van der Waals surface area contributed by atoms with Crippen LogP contribution in [-0.2, 0) is 12.8 Å². The van der Waals surface area contributed by atoms with Crippen molar-refractivity contribution in [3.8, 4) is 11.5 Å². The number of benzene rings is 3. The largest absolute Gasteiger partial charge is 0.491 e. The third kappa shape index (κ3) is 7.88. The lowest BCUT2D eigenvalue weighted by Crippen LogP contribution is -2.41. The highest BCUT2D eigenvalue weighted by Gasteiger charge is 2.44. The molecule has 0 spiro atoms. The van der Waals surface area contributed by atoms with Gasteiger partial charge in [-0.3, -0.25) is 4.79 Å². The van der Waals surface area contributed by atoms with Crippen LogP contribution < -0.4 is 14.8 Å². The van der Waals surface area contributed by atoms with Crippen molar-refractivity contribution in [2.24, 2.45) is 0 Å². The first-order valence-electron chi connectivity index (χ1n) is 13.5. The minimum atomic E-state index is -4.66. The van der Waals surface area contributed by atoms with Crippen LogP contribution in [0.1, 0.15) is 65.4 Å². The van der Waals surface area contributed by atoms with Gasteiger partial charge in [-0.25, -0.2) is 0 Å². The molecule has 5 nitrogen and oxygen atoms in total. The molecule has 1 aliphatic rings. The van der Waals surface area contributed by atoms with E-state index >= 15 is 0 Å². The number of aliphatic hydroxyl groups is 1. The van der Waals surface area contributed by atoms with E-state index in [-0.39, 0.29) is 12.5 Å². The molecule has 2 N–H and O–H groups in total. The summed E-state index contributed by atoms with van der Waals surface area (Å²) in [6, 6.07) is 16.7. The molecule has 0 saturated heterocycles. The van der Waals surface area contributed by atoms with Gasteiger partial charge >= 0.3 is 12.5 Å². The number of carbonyl (C=O) groups is 1. The molecular formula is C32H33F4NO4. The minimum absolute atomic E-state index is 0.000530. The molecule has 218 valence electrons. The average molecular weight is 572 g/mol. The Morgan fingerprint density at radius 1 is 1.02 bits per heavy atom. The fraction of sp³-hybridized carbons (Fsp3) is 0.344. The van der Waals surface area contributed by atoms with E-state index in [0.717, 1.165) is 36.5 Å². The lowest BCUT2D eigenvalue weighted by atomic mass is 9.94. The van der Waals surface area contributed by atoms with Gasteiger partial charge < -0.3 is 19.9 Å². The number of hydrogen-bond acceptors (Lipinski definition) is 4. The quantitative estimate of drug-likeness (QED) is 0.240. The molecule has 4 rings (SSSR count). The van der Waals surface area contributed by atoms with E-state index in [9.17, 15) is 27.5 Å². The normalized spacial score (nSPS) is 14.8. The molecule has 2 atom stereocenters. The van der Waals surface area contributed by atoms with E-state index < -0.39 is 36.3 Å². The molecule has 3 aromatic carbocycles. The van der Waals surface area contributed by atoms with Crippen molar-refractivity contribution in [2.45, 2.75) is 70.3 Å². The highest BCUT2D eigenvalue weighted by Crippen LogP contribution is 2.30. The van der Waals surface area contributed by atoms with Gasteiger partial charge in [0.15, 0.2) is 0 Å². The van der Waals surface area contributed by atoms with Crippen molar-refractivity contribution in [3.63, 3.8) is 0 Å². The Kier molecular flexibility index (Phi) is 9.70. The Balaban J connectivity index is 1.63. The Labute approximate surface area is 236 Å². The summed E-state index contributed by atoms with van der Waals surface area (Å²) < 4.78 is 62.3. The maximum Gasteiger partial charge on any atom is 0.461 e. The number of nitrogens with one attached hydrogen (secondary N) is 1. The van der Waals surface area contributed by atoms with Crippen LogP contribution in [0.3, 0.4) is 0 Å². The summed E-state index contributed by atoms with van der Waals surface area (Å²) in [6.07, 6.45) is -3.25. The van der Waals surface area contributed by atoms with Gasteiger partial charge in [-0.05, 0) is 92.1 Å². The third-order valence-electron chi connectivity index (χ3n) is 6.70. The van der Waals surface area contributed by atoms with E-state index in [0.29, 0.717) is 22.4 Å². The zero-order chi connectivity index (χ0) is 29.6. The minimum Gasteiger partial charge on any atom is -0.491 e. The lowest BCUT2D eigenvalue weighted by Gasteiger charge is -2.26. The molecule has 0 aromatic heterocycles. The molecule has 0 saturated carbocycles. The Hall–Kier alpha value is -3.85. The summed E-state index contributed by atoms with van der Waals surface area (Å²) in [5, 5.41) is 14.3. The van der Waals surface area contributed by atoms with Gasteiger partial charge in [-0.1, -0.05) is 48.6 Å². The third-order valence-corrected chi connectivity index (χ3v) is 6.70. The van der Waals surface area contributed by atoms with Gasteiger partial charge in [0, 0.05) is 5.56 Å². The zero-order valence-electron chi connectivity index (χ0n) is 22.8. The second-order valence-electron chi connectivity index (χ2n) is 10.2. The van der Waals surface area contributed by atoms with Gasteiger partial charge in [0.25, 0.3) is 5.91 Å². The predicted octanol–water partition coefficient (Wildman–Crippen LogP) is 7.13. The Bertz CT molecular complexity index is 1360. The number of alkyl halides is 4. The van der Waals surface area contributed by atoms with E-state index in [1.165, 1.54) is 12.1 Å². The van der Waals surface area contributed by atoms with Crippen molar-refractivity contribution in [1.82, 2.24) is 5.32 Å². The number of rotatable bonds is 11. The monoisotopic (exact) mass is 571 g/mol. The number of aryl methyl sites for hydroxylation is 1. The van der Waals surface area contributed by atoms with Crippen molar-refractivity contribution in [1.29, 1.82) is 0 Å². The van der Waals surface area contributed by atoms with Crippen LogP contribution in [0.5, 0.6) is 11.5 Å². The standard InChI is InChI=1S/C32H33F4NO4/c1-20(2)40-24-16-14-23(15-17-24)29(38)28(19-21-8-6-11-25(18-21)41-32(35,36)31(33)34)37-30(39)27-13-7-10-22-9-4-3-5-12-26(22)27/h5-8,10-18,20,28-29,31,38H,3-4,9,19H2,1-2H3,(H,37,39). The van der Waals surface area contributed by atoms with E-state index in [1.807, 2.05) is 38.1 Å². The van der Waals surface area contributed by atoms with Crippen molar-refractivity contribution in [2.75, 3.05) is 0 Å². The molecule has 1 aliphatic carbocycles. The van der Waals surface area contributed by atoms with Crippen LogP contribution in [0.15, 0.2) is 72.8 Å². The maximum absolute atomic E-state index is 13.6. The maximum atomic E-state index is 13.6. The van der Waals surface area contributed by atoms with Gasteiger partial charge in [0.1, 0.15) is 11.5 Å². The molecule has 0 radical (unpaired) electrons. The van der Waals surface area contributed by atoms with Gasteiger partial charge in [-0.15, -0.1) is 0 Å². The summed E-state index contributed by atoms with van der Waals surface area (Å²) in [5.74, 6) is -0.255. The molecule has 0 heterocycles. The number of carbonyl (C=O) groups excluding carboxylic acids is 1. The topological polar surface area (TPSA) is 67.8 Å². The van der Waals surface area contributed by atoms with E-state index in [2.05, 4.69) is 10.1 Å². The molecule has 0 fully saturated rings. The van der Waals surface area contributed by atoms with E-state index in [4.69, 9.17) is 4.74 Å². The van der Waals surface area contributed by atoms with Crippen LogP contribution in [-0.4, -0.2) is 35.7 Å². The molecular weight excluding hydrogens is 538 g/mol. The number of amides is 1. The first-order valence-corrected chi connectivity index (χ1v) is 13.5. The van der Waals surface area contributed by atoms with Crippen molar-refractivity contribution >= 4 is 12.0 Å². The average Bonchev–Trinajstić information content (AvgIpc) is 3.18. The number of halogens is 4. The fourth-order valence-electron chi connectivity index (χ4n) is 4.76. The molecule has 0 aliphatic heterocycles. The smallest absolute Gasteiger partial charge is 0.461 e. The second kappa shape index (κ2) is 13.2. The number of fused-ring (bicyclic) bond motifs is 1. The molecule has 1 amide bonds. The second-order valence-corrected chi connectivity index (χ2v) is 10.2. The fourth-order valence-corrected chi connectivity index (χ4v) is 4.76. The van der Waals surface area contributed by atoms with Gasteiger partial charge in [0.05, 0.1) is 18.2 Å². The van der Waals surface area contributed by atoms with E-state index in [1.54, 1.807) is 36.4 Å². The highest BCUT2D eigenvalue weighted by atomic mass is 19.3. The lowest BCUT2D eigenvalue weighted by molar-refractivity contribution is -0.253. The molecule has 9 heteroatoms. The zero-order valence-corrected chi connectivity index (χ0v) is 22.8. The first kappa shape index (κ1) is 30.1. The van der Waals surface area contributed by atoms with Crippen LogP contribution in [0.25, 0.3) is 6.08 Å². The number of hydrogen-bond donors (Lipinski definition) is 2. The Morgan fingerprint density at radius 3 is 2.46 bits per heavy atom. The van der Waals surface area contributed by atoms with Crippen molar-refractivity contribution < 1.29 is 36.9 Å². The van der Waals surface area contributed by atoms with Gasteiger partial charge in [-0.2, -0.15) is 17.6 Å². The summed E-state index contributed by atoms with van der Waals surface area (Å²) in [6.45, 7) is 3.78. The van der Waals surface area contributed by atoms with Crippen LogP contribution >= 0.6 is 0 Å². The molecule has 2 unspecified atom stereocenters. The van der Waals surface area contributed by atoms with Crippen LogP contribution in [0.2, 0.25) is 0 Å². The molecule has 41 heavy (non-hydrogen) atoms. The number of aliphatic hydroxyl groups excluding tert-OH is 1. The number of allylic oxidation sites excluding steroid dienone is 1. The highest BCUT2D eigenvalue weighted by molar-refractivity contribution is 5.98. The summed E-state index contributed by atoms with van der Waals surface area (Å²) in [5.41, 5.74) is 3.20. The summed E-state index contributed by atoms with van der Waals surface area (Å²) >= 11 is 0. The van der Waals surface area contributed by atoms with Crippen LogP contribution in [0, 0.1) is 0 Å². The molecule has 0 bridgehead atoms. The summed E-state index contributed by atoms with van der Waals surface area (Å²) in [7, 11) is 0. The predicted molar refractivity (Wildman–Crippen MR) is 149 cm³/mol.